The van der Waals surface area contributed by atoms with Crippen LogP contribution in [-0.2, 0) is 6.54 Å². The molecule has 8 nitrogen and oxygen atoms in total. The zero-order valence-corrected chi connectivity index (χ0v) is 14.1. The van der Waals surface area contributed by atoms with E-state index in [2.05, 4.69) is 15.6 Å². The van der Waals surface area contributed by atoms with Crippen molar-refractivity contribution in [2.75, 3.05) is 19.5 Å². The molecule has 8 heteroatoms. The number of aryl methyl sites for hydroxylation is 1. The number of amides is 1. The zero-order valence-electron chi connectivity index (χ0n) is 14.1. The van der Waals surface area contributed by atoms with Gasteiger partial charge < -0.3 is 19.3 Å². The SMILES string of the molecule is COc1cccc(Cn2nccc2NC(=O)c2cc(C)on2)c1OC. The second kappa shape index (κ2) is 7.08. The van der Waals surface area contributed by atoms with Crippen molar-refractivity contribution in [3.8, 4) is 11.5 Å². The maximum Gasteiger partial charge on any atom is 0.278 e. The summed E-state index contributed by atoms with van der Waals surface area (Å²) in [4.78, 5) is 12.2. The molecule has 0 saturated carbocycles. The van der Waals surface area contributed by atoms with Gasteiger partial charge in [-0.2, -0.15) is 5.10 Å². The number of hydrogen-bond acceptors (Lipinski definition) is 6. The van der Waals surface area contributed by atoms with Crippen LogP contribution in [0.25, 0.3) is 0 Å². The molecule has 130 valence electrons. The van der Waals surface area contributed by atoms with E-state index in [0.29, 0.717) is 29.6 Å². The summed E-state index contributed by atoms with van der Waals surface area (Å²) in [7, 11) is 3.17. The number of hydrogen-bond donors (Lipinski definition) is 1. The average molecular weight is 342 g/mol. The Balaban J connectivity index is 1.82. The summed E-state index contributed by atoms with van der Waals surface area (Å²) in [6.07, 6.45) is 1.61. The summed E-state index contributed by atoms with van der Waals surface area (Å²) in [6, 6.07) is 8.88. The number of nitrogens with one attached hydrogen (secondary N) is 1. The van der Waals surface area contributed by atoms with E-state index >= 15 is 0 Å². The van der Waals surface area contributed by atoms with Gasteiger partial charge in [0.25, 0.3) is 5.91 Å². The van der Waals surface area contributed by atoms with Gasteiger partial charge in [0.05, 0.1) is 27.0 Å². The Morgan fingerprint density at radius 3 is 2.80 bits per heavy atom. The van der Waals surface area contributed by atoms with E-state index in [4.69, 9.17) is 14.0 Å². The van der Waals surface area contributed by atoms with Gasteiger partial charge in [-0.1, -0.05) is 17.3 Å². The van der Waals surface area contributed by atoms with Gasteiger partial charge in [-0.05, 0) is 13.0 Å². The van der Waals surface area contributed by atoms with E-state index in [0.717, 1.165) is 5.56 Å². The van der Waals surface area contributed by atoms with Crippen molar-refractivity contribution in [2.45, 2.75) is 13.5 Å². The number of benzene rings is 1. The van der Waals surface area contributed by atoms with Crippen LogP contribution >= 0.6 is 0 Å². The Kier molecular flexibility index (Phi) is 4.69. The second-order valence-electron chi connectivity index (χ2n) is 5.30. The maximum absolute atomic E-state index is 12.2. The van der Waals surface area contributed by atoms with Crippen molar-refractivity contribution in [2.24, 2.45) is 0 Å². The molecule has 0 fully saturated rings. The van der Waals surface area contributed by atoms with Crippen molar-refractivity contribution in [3.63, 3.8) is 0 Å². The molecule has 0 aliphatic heterocycles. The van der Waals surface area contributed by atoms with Gasteiger partial charge in [-0.25, -0.2) is 4.68 Å². The van der Waals surface area contributed by atoms with Crippen LogP contribution in [0, 0.1) is 6.92 Å². The van der Waals surface area contributed by atoms with Gasteiger partial charge in [0.2, 0.25) is 0 Å². The topological polar surface area (TPSA) is 91.4 Å². The van der Waals surface area contributed by atoms with E-state index in [1.54, 1.807) is 44.2 Å². The van der Waals surface area contributed by atoms with Crippen LogP contribution in [-0.4, -0.2) is 35.1 Å². The zero-order chi connectivity index (χ0) is 17.8. The van der Waals surface area contributed by atoms with Crippen LogP contribution in [0.5, 0.6) is 11.5 Å². The minimum Gasteiger partial charge on any atom is -0.493 e. The molecule has 1 amide bonds. The molecule has 0 aliphatic rings. The predicted octanol–water partition coefficient (Wildman–Crippen LogP) is 2.50. The van der Waals surface area contributed by atoms with Gasteiger partial charge in [0.1, 0.15) is 11.6 Å². The molecule has 1 aromatic carbocycles. The van der Waals surface area contributed by atoms with Crippen LogP contribution in [0.3, 0.4) is 0 Å². The van der Waals surface area contributed by atoms with Gasteiger partial charge in [0.15, 0.2) is 17.2 Å². The fourth-order valence-corrected chi connectivity index (χ4v) is 2.46. The fraction of sp³-hybridized carbons (Fsp3) is 0.235. The number of nitrogens with zero attached hydrogens (tertiary/aromatic N) is 3. The first kappa shape index (κ1) is 16.6. The smallest absolute Gasteiger partial charge is 0.278 e. The molecule has 0 aliphatic carbocycles. The normalized spacial score (nSPS) is 10.5. The van der Waals surface area contributed by atoms with Crippen molar-refractivity contribution >= 4 is 11.7 Å². The first-order chi connectivity index (χ1) is 12.1. The van der Waals surface area contributed by atoms with E-state index in [1.807, 2.05) is 18.2 Å². The number of aromatic nitrogens is 3. The Morgan fingerprint density at radius 2 is 2.12 bits per heavy atom. The molecule has 1 N–H and O–H groups in total. The highest BCUT2D eigenvalue weighted by molar-refractivity contribution is 6.02. The number of methoxy groups -OCH3 is 2. The van der Waals surface area contributed by atoms with Crippen LogP contribution < -0.4 is 14.8 Å². The van der Waals surface area contributed by atoms with E-state index in [1.165, 1.54) is 0 Å². The molecular weight excluding hydrogens is 324 g/mol. The largest absolute Gasteiger partial charge is 0.493 e. The summed E-state index contributed by atoms with van der Waals surface area (Å²) in [6.45, 7) is 2.13. The third-order valence-corrected chi connectivity index (χ3v) is 3.62. The van der Waals surface area contributed by atoms with Crippen LogP contribution in [0.2, 0.25) is 0 Å². The third-order valence-electron chi connectivity index (χ3n) is 3.62. The summed E-state index contributed by atoms with van der Waals surface area (Å²) in [5.41, 5.74) is 1.09. The molecular formula is C17H18N4O4. The molecule has 0 radical (unpaired) electrons. The first-order valence-electron chi connectivity index (χ1n) is 7.58. The Hall–Kier alpha value is -3.29. The minimum absolute atomic E-state index is 0.212. The van der Waals surface area contributed by atoms with Crippen molar-refractivity contribution in [3.05, 3.63) is 53.5 Å². The molecule has 25 heavy (non-hydrogen) atoms. The molecule has 0 unspecified atom stereocenters. The summed E-state index contributed by atoms with van der Waals surface area (Å²) < 4.78 is 17.3. The number of para-hydroxylation sites is 1. The Labute approximate surface area is 144 Å². The van der Waals surface area contributed by atoms with E-state index in [-0.39, 0.29) is 11.6 Å². The molecule has 3 rings (SSSR count). The molecule has 0 saturated heterocycles. The fourth-order valence-electron chi connectivity index (χ4n) is 2.46. The highest BCUT2D eigenvalue weighted by atomic mass is 16.5. The molecule has 2 aromatic heterocycles. The number of ether oxygens (including phenoxy) is 2. The molecule has 0 spiro atoms. The van der Waals surface area contributed by atoms with Gasteiger partial charge in [-0.15, -0.1) is 0 Å². The first-order valence-corrected chi connectivity index (χ1v) is 7.58. The van der Waals surface area contributed by atoms with Crippen LogP contribution in [0.4, 0.5) is 5.82 Å². The van der Waals surface area contributed by atoms with Crippen molar-refractivity contribution < 1.29 is 18.8 Å². The van der Waals surface area contributed by atoms with E-state index in [9.17, 15) is 4.79 Å². The Morgan fingerprint density at radius 1 is 1.28 bits per heavy atom. The van der Waals surface area contributed by atoms with Gasteiger partial charge >= 0.3 is 0 Å². The van der Waals surface area contributed by atoms with E-state index < -0.39 is 0 Å². The second-order valence-corrected chi connectivity index (χ2v) is 5.30. The van der Waals surface area contributed by atoms with Gasteiger partial charge in [0, 0.05) is 17.7 Å². The lowest BCUT2D eigenvalue weighted by Crippen LogP contribution is -2.16. The Bertz CT molecular complexity index is 884. The van der Waals surface area contributed by atoms with Crippen molar-refractivity contribution in [1.82, 2.24) is 14.9 Å². The summed E-state index contributed by atoms with van der Waals surface area (Å²) >= 11 is 0. The highest BCUT2D eigenvalue weighted by Gasteiger charge is 2.15. The molecule has 2 heterocycles. The molecule has 3 aromatic rings. The van der Waals surface area contributed by atoms with Crippen LogP contribution in [0.1, 0.15) is 21.8 Å². The quantitative estimate of drug-likeness (QED) is 0.740. The monoisotopic (exact) mass is 342 g/mol. The molecule has 0 atom stereocenters. The van der Waals surface area contributed by atoms with Crippen molar-refractivity contribution in [1.29, 1.82) is 0 Å². The number of carbonyl (C=O) groups is 1. The van der Waals surface area contributed by atoms with Crippen LogP contribution in [0.15, 0.2) is 41.1 Å². The standard InChI is InChI=1S/C17H18N4O4/c1-11-9-13(20-25-11)17(22)19-15-7-8-18-21(15)10-12-5-4-6-14(23-2)16(12)24-3/h4-9H,10H2,1-3H3,(H,19,22). The minimum atomic E-state index is -0.365. The maximum atomic E-state index is 12.2. The lowest BCUT2D eigenvalue weighted by atomic mass is 10.2. The highest BCUT2D eigenvalue weighted by Crippen LogP contribution is 2.31. The lowest BCUT2D eigenvalue weighted by molar-refractivity contribution is 0.101. The number of anilines is 1. The molecule has 0 bridgehead atoms. The lowest BCUT2D eigenvalue weighted by Gasteiger charge is -2.14. The number of carbonyl (C=O) groups excluding carboxylic acids is 1. The van der Waals surface area contributed by atoms with Gasteiger partial charge in [-0.3, -0.25) is 4.79 Å². The average Bonchev–Trinajstić information content (AvgIpc) is 3.24. The third kappa shape index (κ3) is 3.47. The predicted molar refractivity (Wildman–Crippen MR) is 90.1 cm³/mol. The number of rotatable bonds is 6. The summed E-state index contributed by atoms with van der Waals surface area (Å²) in [5.74, 6) is 2.01. The summed E-state index contributed by atoms with van der Waals surface area (Å²) in [5, 5.41) is 10.7.